The molecule has 0 fully saturated rings. The van der Waals surface area contributed by atoms with E-state index >= 15 is 0 Å². The number of fused-ring (bicyclic) bond motifs is 1. The van der Waals surface area contributed by atoms with Crippen LogP contribution in [0.15, 0.2) is 72.0 Å². The Morgan fingerprint density at radius 1 is 0.976 bits per heavy atom. The molecule has 0 aliphatic rings. The standard InChI is InChI=1S/C28H26F2N8O2S2/c29-22-4-1-16(9-23(22)30)12-35-28(39)21-11-19(42(40)38-8-7-31)14-34-27(21)33-13-18-3-6-25(41-18)17-2-5-24-20(10-17)26(32)37-15-36-24/h1-6,9-11,14-15,38H,7-8,12-13,31H2,(H,33,34)(H,35,39)(H2,32,36,37). The van der Waals surface area contributed by atoms with Crippen molar-refractivity contribution in [2.45, 2.75) is 18.0 Å². The van der Waals surface area contributed by atoms with Crippen LogP contribution in [0.2, 0.25) is 0 Å². The van der Waals surface area contributed by atoms with Crippen LogP contribution in [0, 0.1) is 11.6 Å². The van der Waals surface area contributed by atoms with Crippen molar-refractivity contribution in [3.05, 3.63) is 94.8 Å². The average Bonchev–Trinajstić information content (AvgIpc) is 3.48. The molecule has 0 aliphatic heterocycles. The summed E-state index contributed by atoms with van der Waals surface area (Å²) in [5, 5.41) is 6.65. The zero-order valence-electron chi connectivity index (χ0n) is 22.1. The van der Waals surface area contributed by atoms with Crippen molar-refractivity contribution in [1.29, 1.82) is 0 Å². The number of halogens is 2. The Labute approximate surface area is 246 Å². The summed E-state index contributed by atoms with van der Waals surface area (Å²) in [6.45, 7) is 0.892. The lowest BCUT2D eigenvalue weighted by molar-refractivity contribution is 0.0951. The van der Waals surface area contributed by atoms with Gasteiger partial charge in [-0.05, 0) is 53.6 Å². The molecular weight excluding hydrogens is 582 g/mol. The number of pyridine rings is 1. The third-order valence-electron chi connectivity index (χ3n) is 6.18. The van der Waals surface area contributed by atoms with Gasteiger partial charge in [0.1, 0.15) is 28.9 Å². The molecule has 1 amide bonds. The third kappa shape index (κ3) is 6.74. The number of aromatic nitrogens is 3. The van der Waals surface area contributed by atoms with Crippen LogP contribution in [0.1, 0.15) is 20.8 Å². The Kier molecular flexibility index (Phi) is 9.07. The zero-order valence-corrected chi connectivity index (χ0v) is 23.7. The van der Waals surface area contributed by atoms with Crippen LogP contribution in [0.3, 0.4) is 0 Å². The van der Waals surface area contributed by atoms with E-state index in [2.05, 4.69) is 30.3 Å². The van der Waals surface area contributed by atoms with E-state index in [0.717, 1.165) is 38.4 Å². The number of amides is 1. The largest absolute Gasteiger partial charge is 0.383 e. The van der Waals surface area contributed by atoms with E-state index in [4.69, 9.17) is 11.5 Å². The Balaban J connectivity index is 1.34. The van der Waals surface area contributed by atoms with Crippen molar-refractivity contribution in [3.63, 3.8) is 0 Å². The molecule has 216 valence electrons. The smallest absolute Gasteiger partial charge is 0.255 e. The number of nitrogens with one attached hydrogen (secondary N) is 3. The molecule has 2 aromatic carbocycles. The Bertz CT molecular complexity index is 1780. The van der Waals surface area contributed by atoms with Gasteiger partial charge in [0.2, 0.25) is 0 Å². The van der Waals surface area contributed by atoms with E-state index in [1.165, 1.54) is 24.7 Å². The summed E-state index contributed by atoms with van der Waals surface area (Å²) >= 11 is 1.55. The van der Waals surface area contributed by atoms with Crippen molar-refractivity contribution in [1.82, 2.24) is 25.0 Å². The number of anilines is 2. The maximum atomic E-state index is 13.6. The highest BCUT2D eigenvalue weighted by Gasteiger charge is 2.17. The first-order valence-electron chi connectivity index (χ1n) is 12.7. The highest BCUT2D eigenvalue weighted by Crippen LogP contribution is 2.31. The Morgan fingerprint density at radius 3 is 2.64 bits per heavy atom. The number of benzene rings is 2. The van der Waals surface area contributed by atoms with E-state index < -0.39 is 28.5 Å². The van der Waals surface area contributed by atoms with E-state index in [1.807, 2.05) is 30.3 Å². The fourth-order valence-electron chi connectivity index (χ4n) is 4.05. The summed E-state index contributed by atoms with van der Waals surface area (Å²) in [6.07, 6.45) is 2.84. The second-order valence-electron chi connectivity index (χ2n) is 9.06. The van der Waals surface area contributed by atoms with E-state index in [9.17, 15) is 17.8 Å². The van der Waals surface area contributed by atoms with Gasteiger partial charge in [-0.25, -0.2) is 32.7 Å². The summed E-state index contributed by atoms with van der Waals surface area (Å²) in [4.78, 5) is 28.1. The fraction of sp³-hybridized carbons (Fsp3) is 0.143. The predicted molar refractivity (Wildman–Crippen MR) is 160 cm³/mol. The normalized spacial score (nSPS) is 11.9. The first-order valence-corrected chi connectivity index (χ1v) is 14.7. The van der Waals surface area contributed by atoms with Crippen LogP contribution in [-0.2, 0) is 24.1 Å². The molecule has 7 N–H and O–H groups in total. The number of nitrogen functional groups attached to an aromatic ring is 1. The summed E-state index contributed by atoms with van der Waals surface area (Å²) < 4.78 is 42.3. The van der Waals surface area contributed by atoms with Gasteiger partial charge >= 0.3 is 0 Å². The van der Waals surface area contributed by atoms with Gasteiger partial charge in [0, 0.05) is 41.0 Å². The lowest BCUT2D eigenvalue weighted by atomic mass is 10.1. The van der Waals surface area contributed by atoms with Crippen LogP contribution >= 0.6 is 11.3 Å². The summed E-state index contributed by atoms with van der Waals surface area (Å²) in [5.74, 6) is -1.84. The number of thiophene rings is 1. The number of hydrogen-bond acceptors (Lipinski definition) is 9. The molecule has 0 spiro atoms. The first-order chi connectivity index (χ1) is 20.3. The summed E-state index contributed by atoms with van der Waals surface area (Å²) in [6, 6.07) is 14.6. The minimum absolute atomic E-state index is 0.0518. The third-order valence-corrected chi connectivity index (χ3v) is 8.43. The number of nitrogens with zero attached hydrogens (tertiary/aromatic N) is 3. The molecule has 1 atom stereocenters. The highest BCUT2D eigenvalue weighted by molar-refractivity contribution is 7.83. The van der Waals surface area contributed by atoms with Crippen molar-refractivity contribution < 1.29 is 17.8 Å². The van der Waals surface area contributed by atoms with Gasteiger partial charge in [-0.2, -0.15) is 0 Å². The monoisotopic (exact) mass is 608 g/mol. The molecule has 5 rings (SSSR count). The number of carbonyl (C=O) groups excluding carboxylic acids is 1. The molecule has 1 unspecified atom stereocenters. The molecule has 10 nitrogen and oxygen atoms in total. The SMILES string of the molecule is NCCNS(=O)c1cnc(NCc2ccc(-c3ccc4ncnc(N)c4c3)s2)c(C(=O)NCc2ccc(F)c(F)c2)c1. The molecule has 5 aromatic rings. The van der Waals surface area contributed by atoms with Crippen LogP contribution in [0.5, 0.6) is 0 Å². The first kappa shape index (κ1) is 29.1. The van der Waals surface area contributed by atoms with Gasteiger partial charge in [-0.1, -0.05) is 12.1 Å². The molecule has 42 heavy (non-hydrogen) atoms. The summed E-state index contributed by atoms with van der Waals surface area (Å²) in [5.41, 5.74) is 13.8. The second kappa shape index (κ2) is 13.1. The zero-order chi connectivity index (χ0) is 29.6. The molecule has 0 bridgehead atoms. The van der Waals surface area contributed by atoms with E-state index in [1.54, 1.807) is 11.3 Å². The highest BCUT2D eigenvalue weighted by atomic mass is 32.2. The molecule has 0 saturated heterocycles. The van der Waals surface area contributed by atoms with Crippen molar-refractivity contribution in [2.24, 2.45) is 5.73 Å². The number of carbonyl (C=O) groups is 1. The summed E-state index contributed by atoms with van der Waals surface area (Å²) in [7, 11) is -1.64. The lowest BCUT2D eigenvalue weighted by Crippen LogP contribution is -2.27. The topological polar surface area (TPSA) is 161 Å². The van der Waals surface area contributed by atoms with Gasteiger partial charge in [0.05, 0.1) is 22.5 Å². The van der Waals surface area contributed by atoms with E-state index in [0.29, 0.717) is 24.5 Å². The van der Waals surface area contributed by atoms with E-state index in [-0.39, 0.29) is 29.4 Å². The van der Waals surface area contributed by atoms with Gasteiger partial charge in [-0.15, -0.1) is 11.3 Å². The number of nitrogens with two attached hydrogens (primary N) is 2. The number of hydrogen-bond donors (Lipinski definition) is 5. The Morgan fingerprint density at radius 2 is 1.83 bits per heavy atom. The fourth-order valence-corrected chi connectivity index (χ4v) is 5.84. The molecule has 0 saturated carbocycles. The van der Waals surface area contributed by atoms with Crippen LogP contribution in [-0.4, -0.2) is 38.2 Å². The van der Waals surface area contributed by atoms with Gasteiger partial charge in [0.15, 0.2) is 11.6 Å². The molecule has 0 radical (unpaired) electrons. The van der Waals surface area contributed by atoms with Crippen LogP contribution < -0.4 is 26.8 Å². The van der Waals surface area contributed by atoms with Gasteiger partial charge < -0.3 is 22.1 Å². The Hall–Kier alpha value is -4.37. The average molecular weight is 609 g/mol. The molecule has 14 heteroatoms. The quantitative estimate of drug-likeness (QED) is 0.152. The van der Waals surface area contributed by atoms with Crippen molar-refractivity contribution in [3.8, 4) is 10.4 Å². The van der Waals surface area contributed by atoms with Crippen molar-refractivity contribution >= 4 is 50.8 Å². The minimum Gasteiger partial charge on any atom is -0.383 e. The molecule has 0 aliphatic carbocycles. The second-order valence-corrected chi connectivity index (χ2v) is 11.5. The maximum absolute atomic E-state index is 13.6. The van der Waals surface area contributed by atoms with Gasteiger partial charge in [0.25, 0.3) is 5.91 Å². The van der Waals surface area contributed by atoms with Crippen molar-refractivity contribution in [2.75, 3.05) is 24.1 Å². The molecule has 3 heterocycles. The minimum atomic E-state index is -1.64. The van der Waals surface area contributed by atoms with Gasteiger partial charge in [-0.3, -0.25) is 4.79 Å². The predicted octanol–water partition coefficient (Wildman–Crippen LogP) is 3.73. The number of rotatable bonds is 11. The lowest BCUT2D eigenvalue weighted by Gasteiger charge is -2.13. The molecule has 3 aromatic heterocycles. The molecular formula is C28H26F2N8O2S2. The maximum Gasteiger partial charge on any atom is 0.255 e. The van der Waals surface area contributed by atoms with Crippen LogP contribution in [0.4, 0.5) is 20.4 Å². The van der Waals surface area contributed by atoms with Crippen LogP contribution in [0.25, 0.3) is 21.3 Å².